The number of imide groups is 1. The Morgan fingerprint density at radius 1 is 1.00 bits per heavy atom. The van der Waals surface area contributed by atoms with Crippen LogP contribution < -0.4 is 4.74 Å². The Morgan fingerprint density at radius 2 is 1.65 bits per heavy atom. The molecule has 0 atom stereocenters. The molecule has 0 aromatic heterocycles. The summed E-state index contributed by atoms with van der Waals surface area (Å²) in [6.45, 7) is 0. The molecule has 3 aromatic carbocycles. The van der Waals surface area contributed by atoms with Gasteiger partial charge in [0, 0.05) is 5.39 Å². The highest BCUT2D eigenvalue weighted by molar-refractivity contribution is 6.25. The Labute approximate surface area is 148 Å². The van der Waals surface area contributed by atoms with E-state index in [4.69, 9.17) is 4.74 Å². The number of ether oxygens (including phenoxy) is 1. The van der Waals surface area contributed by atoms with Crippen molar-refractivity contribution in [1.29, 1.82) is 0 Å². The van der Waals surface area contributed by atoms with Gasteiger partial charge in [-0.1, -0.05) is 24.3 Å². The number of hydrazone groups is 1. The molecule has 0 bridgehead atoms. The lowest BCUT2D eigenvalue weighted by molar-refractivity contribution is 0.0616. The van der Waals surface area contributed by atoms with Crippen molar-refractivity contribution in [2.75, 3.05) is 7.11 Å². The lowest BCUT2D eigenvalue weighted by Crippen LogP contribution is -2.36. The van der Waals surface area contributed by atoms with E-state index in [1.54, 1.807) is 36.4 Å². The van der Waals surface area contributed by atoms with Crippen molar-refractivity contribution < 1.29 is 19.4 Å². The van der Waals surface area contributed by atoms with Crippen LogP contribution in [0.25, 0.3) is 10.8 Å². The van der Waals surface area contributed by atoms with E-state index in [0.29, 0.717) is 22.1 Å². The summed E-state index contributed by atoms with van der Waals surface area (Å²) in [5.41, 5.74) is 1.47. The van der Waals surface area contributed by atoms with Crippen molar-refractivity contribution in [2.45, 2.75) is 0 Å². The maximum Gasteiger partial charge on any atom is 0.282 e. The van der Waals surface area contributed by atoms with Crippen molar-refractivity contribution in [3.05, 3.63) is 71.3 Å². The van der Waals surface area contributed by atoms with Gasteiger partial charge in [-0.25, -0.2) is 0 Å². The third-order valence-electron chi connectivity index (χ3n) is 4.28. The number of hydrogen-bond acceptors (Lipinski definition) is 5. The normalized spacial score (nSPS) is 13.7. The van der Waals surface area contributed by atoms with Gasteiger partial charge in [0.1, 0.15) is 0 Å². The lowest BCUT2D eigenvalue weighted by Gasteiger charge is -2.23. The van der Waals surface area contributed by atoms with Crippen LogP contribution in [0.4, 0.5) is 0 Å². The number of carbonyl (C=O) groups excluding carboxylic acids is 2. The number of aromatic hydroxyl groups is 1. The van der Waals surface area contributed by atoms with Crippen LogP contribution in [0.2, 0.25) is 0 Å². The van der Waals surface area contributed by atoms with E-state index >= 15 is 0 Å². The van der Waals surface area contributed by atoms with Gasteiger partial charge in [0.05, 0.1) is 24.5 Å². The Hall–Kier alpha value is -3.67. The number of hydrogen-bond donors (Lipinski definition) is 1. The molecule has 1 heterocycles. The summed E-state index contributed by atoms with van der Waals surface area (Å²) in [5, 5.41) is 16.1. The summed E-state index contributed by atoms with van der Waals surface area (Å²) in [7, 11) is 1.44. The molecule has 0 spiro atoms. The first-order valence-corrected chi connectivity index (χ1v) is 7.91. The molecule has 0 saturated heterocycles. The molecule has 6 nitrogen and oxygen atoms in total. The largest absolute Gasteiger partial charge is 0.504 e. The fraction of sp³-hybridized carbons (Fsp3) is 0.0500. The minimum Gasteiger partial charge on any atom is -0.504 e. The van der Waals surface area contributed by atoms with Crippen molar-refractivity contribution in [3.8, 4) is 11.5 Å². The topological polar surface area (TPSA) is 79.2 Å². The second-order valence-electron chi connectivity index (χ2n) is 5.81. The van der Waals surface area contributed by atoms with Gasteiger partial charge in [0.25, 0.3) is 11.8 Å². The second-order valence-corrected chi connectivity index (χ2v) is 5.81. The lowest BCUT2D eigenvalue weighted by atomic mass is 9.95. The second kappa shape index (κ2) is 6.00. The molecule has 0 unspecified atom stereocenters. The van der Waals surface area contributed by atoms with Gasteiger partial charge in [-0.2, -0.15) is 10.1 Å². The zero-order valence-corrected chi connectivity index (χ0v) is 13.8. The fourth-order valence-electron chi connectivity index (χ4n) is 3.02. The molecule has 2 amide bonds. The molecule has 6 heteroatoms. The van der Waals surface area contributed by atoms with Crippen LogP contribution in [-0.4, -0.2) is 35.3 Å². The number of rotatable bonds is 3. The summed E-state index contributed by atoms with van der Waals surface area (Å²) in [5.74, 6) is -0.668. The van der Waals surface area contributed by atoms with Gasteiger partial charge in [0.15, 0.2) is 11.5 Å². The monoisotopic (exact) mass is 346 g/mol. The molecule has 128 valence electrons. The summed E-state index contributed by atoms with van der Waals surface area (Å²) in [6.07, 6.45) is 1.38. The van der Waals surface area contributed by atoms with Gasteiger partial charge in [0.2, 0.25) is 0 Å². The summed E-state index contributed by atoms with van der Waals surface area (Å²) in [4.78, 5) is 25.5. The van der Waals surface area contributed by atoms with E-state index in [0.717, 1.165) is 10.4 Å². The number of phenolic OH excluding ortho intramolecular Hbond substituents is 1. The van der Waals surface area contributed by atoms with E-state index in [2.05, 4.69) is 5.10 Å². The van der Waals surface area contributed by atoms with Gasteiger partial charge in [-0.05, 0) is 41.3 Å². The van der Waals surface area contributed by atoms with Gasteiger partial charge < -0.3 is 9.84 Å². The summed E-state index contributed by atoms with van der Waals surface area (Å²) < 4.78 is 5.05. The highest BCUT2D eigenvalue weighted by Gasteiger charge is 2.32. The molecular weight excluding hydrogens is 332 g/mol. The van der Waals surface area contributed by atoms with Crippen LogP contribution in [-0.2, 0) is 0 Å². The minimum atomic E-state index is -0.471. The average Bonchev–Trinajstić information content (AvgIpc) is 2.67. The summed E-state index contributed by atoms with van der Waals surface area (Å²) in [6, 6.07) is 15.3. The highest BCUT2D eigenvalue weighted by atomic mass is 16.5. The van der Waals surface area contributed by atoms with Crippen LogP contribution in [0.1, 0.15) is 26.3 Å². The Balaban J connectivity index is 1.75. The third kappa shape index (κ3) is 2.39. The van der Waals surface area contributed by atoms with Crippen LogP contribution in [0.5, 0.6) is 11.5 Å². The molecule has 0 aliphatic carbocycles. The van der Waals surface area contributed by atoms with Crippen molar-refractivity contribution in [1.82, 2.24) is 5.01 Å². The molecule has 1 aliphatic heterocycles. The van der Waals surface area contributed by atoms with Gasteiger partial charge in [-0.15, -0.1) is 0 Å². The predicted octanol–water partition coefficient (Wildman–Crippen LogP) is 3.18. The van der Waals surface area contributed by atoms with Crippen molar-refractivity contribution >= 4 is 28.8 Å². The quantitative estimate of drug-likeness (QED) is 0.583. The van der Waals surface area contributed by atoms with E-state index in [1.165, 1.54) is 19.4 Å². The van der Waals surface area contributed by atoms with Gasteiger partial charge in [-0.3, -0.25) is 9.59 Å². The number of benzene rings is 3. The van der Waals surface area contributed by atoms with E-state index in [1.807, 2.05) is 12.1 Å². The number of methoxy groups -OCH3 is 1. The maximum atomic E-state index is 12.7. The standard InChI is InChI=1S/C20H14N2O4/c1-26-17-10-12(8-9-16(17)23)11-21-22-19(24)14-6-2-4-13-5-3-7-15(18(13)14)20(22)25/h2-11,23H,1H3/b21-11-. The van der Waals surface area contributed by atoms with Crippen molar-refractivity contribution in [3.63, 3.8) is 0 Å². The average molecular weight is 346 g/mol. The van der Waals surface area contributed by atoms with E-state index < -0.39 is 11.8 Å². The molecule has 26 heavy (non-hydrogen) atoms. The molecule has 4 rings (SSSR count). The Morgan fingerprint density at radius 3 is 2.27 bits per heavy atom. The summed E-state index contributed by atoms with van der Waals surface area (Å²) >= 11 is 0. The first-order chi connectivity index (χ1) is 12.6. The molecule has 0 saturated carbocycles. The molecule has 1 aliphatic rings. The van der Waals surface area contributed by atoms with Crippen LogP contribution in [0, 0.1) is 0 Å². The number of nitrogens with zero attached hydrogens (tertiary/aromatic N) is 2. The Kier molecular flexibility index (Phi) is 3.65. The van der Waals surface area contributed by atoms with E-state index in [9.17, 15) is 14.7 Å². The Bertz CT molecular complexity index is 1040. The van der Waals surface area contributed by atoms with Crippen LogP contribution in [0.15, 0.2) is 59.7 Å². The molecule has 3 aromatic rings. The van der Waals surface area contributed by atoms with Crippen LogP contribution >= 0.6 is 0 Å². The fourth-order valence-corrected chi connectivity index (χ4v) is 3.02. The molecular formula is C20H14N2O4. The minimum absolute atomic E-state index is 0.00428. The van der Waals surface area contributed by atoms with Crippen LogP contribution in [0.3, 0.4) is 0 Å². The number of phenols is 1. The van der Waals surface area contributed by atoms with E-state index in [-0.39, 0.29) is 11.5 Å². The third-order valence-corrected chi connectivity index (χ3v) is 4.28. The SMILES string of the molecule is COc1cc(/C=N\N2C(=O)c3cccc4cccc(c34)C2=O)ccc1O. The van der Waals surface area contributed by atoms with Crippen molar-refractivity contribution in [2.24, 2.45) is 5.10 Å². The molecule has 1 N–H and O–H groups in total. The highest BCUT2D eigenvalue weighted by Crippen LogP contribution is 2.30. The van der Waals surface area contributed by atoms with Gasteiger partial charge >= 0.3 is 0 Å². The first-order valence-electron chi connectivity index (χ1n) is 7.91. The predicted molar refractivity (Wildman–Crippen MR) is 96.7 cm³/mol. The molecule has 0 radical (unpaired) electrons. The maximum absolute atomic E-state index is 12.7. The number of carbonyl (C=O) groups is 2. The first kappa shape index (κ1) is 15.8. The molecule has 0 fully saturated rings. The zero-order chi connectivity index (χ0) is 18.3. The zero-order valence-electron chi connectivity index (χ0n) is 13.8. The number of amides is 2. The smallest absolute Gasteiger partial charge is 0.282 e.